The van der Waals surface area contributed by atoms with Crippen LogP contribution in [-0.2, 0) is 11.3 Å². The fourth-order valence-electron chi connectivity index (χ4n) is 2.55. The Morgan fingerprint density at radius 3 is 2.41 bits per heavy atom. The number of rotatable bonds is 7. The third-order valence-electron chi connectivity index (χ3n) is 4.00. The minimum atomic E-state index is 0.242. The summed E-state index contributed by atoms with van der Waals surface area (Å²) >= 11 is 0. The molecule has 0 spiro atoms. The van der Waals surface area contributed by atoms with E-state index in [0.717, 1.165) is 42.9 Å². The summed E-state index contributed by atoms with van der Waals surface area (Å²) in [6.45, 7) is 2.25. The van der Waals surface area contributed by atoms with Crippen LogP contribution >= 0.6 is 0 Å². The SMILES string of the molecule is CN(C)CCN(Cc1cc(N)ccc1N(C)C)C(=O)C1CC1. The monoisotopic (exact) mass is 304 g/mol. The fraction of sp³-hybridized carbons (Fsp3) is 0.588. The molecule has 0 unspecified atom stereocenters. The van der Waals surface area contributed by atoms with E-state index in [2.05, 4.69) is 9.80 Å². The zero-order valence-corrected chi connectivity index (χ0v) is 14.2. The zero-order valence-electron chi connectivity index (χ0n) is 14.2. The van der Waals surface area contributed by atoms with Crippen LogP contribution in [0.5, 0.6) is 0 Å². The van der Waals surface area contributed by atoms with E-state index in [0.29, 0.717) is 6.54 Å². The van der Waals surface area contributed by atoms with Gasteiger partial charge in [0.05, 0.1) is 0 Å². The molecule has 0 atom stereocenters. The second kappa shape index (κ2) is 7.01. The van der Waals surface area contributed by atoms with Gasteiger partial charge in [0.15, 0.2) is 0 Å². The highest BCUT2D eigenvalue weighted by Crippen LogP contribution is 2.32. The molecule has 22 heavy (non-hydrogen) atoms. The highest BCUT2D eigenvalue weighted by atomic mass is 16.2. The first-order valence-corrected chi connectivity index (χ1v) is 7.87. The van der Waals surface area contributed by atoms with Crippen LogP contribution in [0.15, 0.2) is 18.2 Å². The molecule has 1 aromatic carbocycles. The fourth-order valence-corrected chi connectivity index (χ4v) is 2.55. The summed E-state index contributed by atoms with van der Waals surface area (Å²) < 4.78 is 0. The Labute approximate surface area is 133 Å². The van der Waals surface area contributed by atoms with Crippen molar-refractivity contribution >= 4 is 17.3 Å². The lowest BCUT2D eigenvalue weighted by atomic mass is 10.1. The smallest absolute Gasteiger partial charge is 0.226 e. The van der Waals surface area contributed by atoms with Crippen molar-refractivity contribution in [1.82, 2.24) is 9.80 Å². The molecule has 1 fully saturated rings. The van der Waals surface area contributed by atoms with Crippen LogP contribution in [0.2, 0.25) is 0 Å². The number of hydrogen-bond donors (Lipinski definition) is 1. The summed E-state index contributed by atoms with van der Waals surface area (Å²) in [5.41, 5.74) is 8.91. The van der Waals surface area contributed by atoms with E-state index in [1.807, 2.05) is 51.3 Å². The average molecular weight is 304 g/mol. The van der Waals surface area contributed by atoms with Crippen LogP contribution in [0.4, 0.5) is 11.4 Å². The first-order valence-electron chi connectivity index (χ1n) is 7.87. The minimum Gasteiger partial charge on any atom is -0.399 e. The Kier molecular flexibility index (Phi) is 5.29. The van der Waals surface area contributed by atoms with Crippen molar-refractivity contribution in [2.75, 3.05) is 51.9 Å². The highest BCUT2D eigenvalue weighted by molar-refractivity contribution is 5.81. The lowest BCUT2D eigenvalue weighted by Crippen LogP contribution is -2.37. The minimum absolute atomic E-state index is 0.242. The van der Waals surface area contributed by atoms with E-state index in [1.54, 1.807) is 0 Å². The van der Waals surface area contributed by atoms with Crippen LogP contribution in [-0.4, -0.2) is 57.0 Å². The van der Waals surface area contributed by atoms with E-state index in [-0.39, 0.29) is 11.8 Å². The van der Waals surface area contributed by atoms with Gasteiger partial charge in [-0.3, -0.25) is 4.79 Å². The average Bonchev–Trinajstić information content (AvgIpc) is 3.26. The molecule has 1 amide bonds. The number of nitrogens with two attached hydrogens (primary N) is 1. The Morgan fingerprint density at radius 1 is 1.18 bits per heavy atom. The summed E-state index contributed by atoms with van der Waals surface area (Å²) in [6, 6.07) is 5.92. The summed E-state index contributed by atoms with van der Waals surface area (Å²) in [5.74, 6) is 0.528. The largest absolute Gasteiger partial charge is 0.399 e. The molecular formula is C17H28N4O. The number of anilines is 2. The molecule has 1 saturated carbocycles. The van der Waals surface area contributed by atoms with Gasteiger partial charge in [-0.2, -0.15) is 0 Å². The Balaban J connectivity index is 2.18. The summed E-state index contributed by atoms with van der Waals surface area (Å²) in [6.07, 6.45) is 2.07. The zero-order chi connectivity index (χ0) is 16.3. The Morgan fingerprint density at radius 2 is 1.86 bits per heavy atom. The molecule has 1 aliphatic carbocycles. The molecule has 0 heterocycles. The van der Waals surface area contributed by atoms with Crippen molar-refractivity contribution in [1.29, 1.82) is 0 Å². The maximum absolute atomic E-state index is 12.6. The topological polar surface area (TPSA) is 52.8 Å². The van der Waals surface area contributed by atoms with E-state index >= 15 is 0 Å². The van der Waals surface area contributed by atoms with Gasteiger partial charge < -0.3 is 20.4 Å². The summed E-state index contributed by atoms with van der Waals surface area (Å²) in [7, 11) is 8.10. The molecule has 0 aliphatic heterocycles. The predicted octanol–water partition coefficient (Wildman–Crippen LogP) is 1.63. The molecular weight excluding hydrogens is 276 g/mol. The first-order chi connectivity index (χ1) is 10.4. The van der Waals surface area contributed by atoms with Crippen LogP contribution in [0.25, 0.3) is 0 Å². The van der Waals surface area contributed by atoms with Crippen LogP contribution in [0.1, 0.15) is 18.4 Å². The number of carbonyl (C=O) groups is 1. The standard InChI is InChI=1S/C17H28N4O/c1-19(2)9-10-21(17(22)13-5-6-13)12-14-11-15(18)7-8-16(14)20(3)4/h7-8,11,13H,5-6,9-10,12,18H2,1-4H3. The third-order valence-corrected chi connectivity index (χ3v) is 4.00. The lowest BCUT2D eigenvalue weighted by molar-refractivity contribution is -0.133. The number of nitrogen functional groups attached to an aromatic ring is 1. The lowest BCUT2D eigenvalue weighted by Gasteiger charge is -2.27. The molecule has 0 bridgehead atoms. The number of nitrogens with zero attached hydrogens (tertiary/aromatic N) is 3. The molecule has 2 N–H and O–H groups in total. The van der Waals surface area contributed by atoms with Gasteiger partial charge in [-0.25, -0.2) is 0 Å². The number of likely N-dealkylation sites (N-methyl/N-ethyl adjacent to an activating group) is 1. The van der Waals surface area contributed by atoms with Crippen LogP contribution in [0, 0.1) is 5.92 Å². The van der Waals surface area contributed by atoms with Crippen molar-refractivity contribution in [3.05, 3.63) is 23.8 Å². The van der Waals surface area contributed by atoms with Gasteiger partial charge in [0.2, 0.25) is 5.91 Å². The quantitative estimate of drug-likeness (QED) is 0.778. The number of hydrogen-bond acceptors (Lipinski definition) is 4. The van der Waals surface area contributed by atoms with Crippen molar-refractivity contribution in [2.24, 2.45) is 5.92 Å². The maximum Gasteiger partial charge on any atom is 0.226 e. The molecule has 0 saturated heterocycles. The van der Waals surface area contributed by atoms with Crippen molar-refractivity contribution in [3.8, 4) is 0 Å². The van der Waals surface area contributed by atoms with Crippen LogP contribution < -0.4 is 10.6 Å². The van der Waals surface area contributed by atoms with E-state index in [4.69, 9.17) is 5.73 Å². The van der Waals surface area contributed by atoms with Crippen molar-refractivity contribution < 1.29 is 4.79 Å². The van der Waals surface area contributed by atoms with Gasteiger partial charge in [-0.1, -0.05) is 0 Å². The highest BCUT2D eigenvalue weighted by Gasteiger charge is 2.33. The molecule has 1 aromatic rings. The molecule has 2 rings (SSSR count). The maximum atomic E-state index is 12.6. The van der Waals surface area contributed by atoms with Gasteiger partial charge in [0.25, 0.3) is 0 Å². The second-order valence-electron chi connectivity index (χ2n) is 6.62. The number of amides is 1. The van der Waals surface area contributed by atoms with Gasteiger partial charge in [0, 0.05) is 51.0 Å². The first kappa shape index (κ1) is 16.6. The van der Waals surface area contributed by atoms with Crippen LogP contribution in [0.3, 0.4) is 0 Å². The van der Waals surface area contributed by atoms with E-state index in [1.165, 1.54) is 0 Å². The molecule has 1 aliphatic rings. The molecule has 122 valence electrons. The normalized spacial score (nSPS) is 14.2. The molecule has 0 radical (unpaired) electrons. The Bertz CT molecular complexity index is 523. The number of carbonyl (C=O) groups excluding carboxylic acids is 1. The number of benzene rings is 1. The Hall–Kier alpha value is -1.75. The van der Waals surface area contributed by atoms with Gasteiger partial charge >= 0.3 is 0 Å². The van der Waals surface area contributed by atoms with Gasteiger partial charge in [0.1, 0.15) is 0 Å². The predicted molar refractivity (Wildman–Crippen MR) is 91.9 cm³/mol. The molecule has 5 nitrogen and oxygen atoms in total. The van der Waals surface area contributed by atoms with E-state index in [9.17, 15) is 4.79 Å². The third kappa shape index (κ3) is 4.37. The summed E-state index contributed by atoms with van der Waals surface area (Å²) in [4.78, 5) is 18.7. The summed E-state index contributed by atoms with van der Waals surface area (Å²) in [5, 5.41) is 0. The van der Waals surface area contributed by atoms with Gasteiger partial charge in [-0.15, -0.1) is 0 Å². The molecule has 0 aromatic heterocycles. The van der Waals surface area contributed by atoms with Crippen molar-refractivity contribution in [2.45, 2.75) is 19.4 Å². The molecule has 5 heteroatoms. The second-order valence-corrected chi connectivity index (χ2v) is 6.62. The van der Waals surface area contributed by atoms with E-state index < -0.39 is 0 Å². The van der Waals surface area contributed by atoms with Crippen molar-refractivity contribution in [3.63, 3.8) is 0 Å². The van der Waals surface area contributed by atoms with Gasteiger partial charge in [-0.05, 0) is 50.7 Å².